The van der Waals surface area contributed by atoms with Crippen LogP contribution in [0.25, 0.3) is 0 Å². The first kappa shape index (κ1) is 11.7. The minimum absolute atomic E-state index is 0.00755. The maximum absolute atomic E-state index is 11.6. The molecule has 1 aliphatic heterocycles. The summed E-state index contributed by atoms with van der Waals surface area (Å²) >= 11 is 0. The highest BCUT2D eigenvalue weighted by atomic mass is 16.4. The second kappa shape index (κ2) is 5.10. The van der Waals surface area contributed by atoms with E-state index >= 15 is 0 Å². The molecule has 2 aromatic rings. The van der Waals surface area contributed by atoms with Gasteiger partial charge in [0.2, 0.25) is 11.8 Å². The van der Waals surface area contributed by atoms with Crippen LogP contribution in [0.4, 0.5) is 6.01 Å². The number of aromatic nitrogens is 6. The number of carbonyl (C=O) groups is 1. The van der Waals surface area contributed by atoms with E-state index in [-0.39, 0.29) is 24.5 Å². The van der Waals surface area contributed by atoms with Crippen LogP contribution in [0, 0.1) is 0 Å². The van der Waals surface area contributed by atoms with Gasteiger partial charge in [0.15, 0.2) is 0 Å². The van der Waals surface area contributed by atoms with Crippen LogP contribution in [0.5, 0.6) is 0 Å². The lowest BCUT2D eigenvalue weighted by Gasteiger charge is -2.02. The Morgan fingerprint density at radius 3 is 3.26 bits per heavy atom. The lowest BCUT2D eigenvalue weighted by atomic mass is 10.2. The van der Waals surface area contributed by atoms with Crippen molar-refractivity contribution >= 4 is 11.9 Å². The molecule has 0 spiro atoms. The minimum atomic E-state index is -0.332. The summed E-state index contributed by atoms with van der Waals surface area (Å²) in [5.74, 6) is 0.164. The summed E-state index contributed by atoms with van der Waals surface area (Å²) < 4.78 is 6.68. The van der Waals surface area contributed by atoms with Crippen molar-refractivity contribution in [3.63, 3.8) is 0 Å². The lowest BCUT2D eigenvalue weighted by Crippen LogP contribution is -2.19. The van der Waals surface area contributed by atoms with Crippen LogP contribution in [0.3, 0.4) is 0 Å². The van der Waals surface area contributed by atoms with Gasteiger partial charge < -0.3 is 9.73 Å². The van der Waals surface area contributed by atoms with Crippen molar-refractivity contribution in [2.75, 3.05) is 11.9 Å². The molecule has 2 N–H and O–H groups in total. The molecule has 0 aliphatic carbocycles. The van der Waals surface area contributed by atoms with Gasteiger partial charge in [0, 0.05) is 0 Å². The Balaban J connectivity index is 1.59. The van der Waals surface area contributed by atoms with Crippen LogP contribution in [0.1, 0.15) is 24.8 Å². The van der Waals surface area contributed by atoms with Gasteiger partial charge in [-0.15, -0.1) is 10.2 Å². The Morgan fingerprint density at radius 2 is 2.53 bits per heavy atom. The number of amides is 1. The molecule has 1 unspecified atom stereocenters. The first-order valence-electron chi connectivity index (χ1n) is 5.88. The van der Waals surface area contributed by atoms with Crippen molar-refractivity contribution in [1.29, 1.82) is 0 Å². The van der Waals surface area contributed by atoms with Gasteiger partial charge in [0.1, 0.15) is 12.9 Å². The molecular weight excluding hydrogens is 252 g/mol. The number of hydrogen-bond acceptors (Lipinski definition) is 8. The van der Waals surface area contributed by atoms with Crippen molar-refractivity contribution in [2.24, 2.45) is 0 Å². The molecule has 1 aliphatic rings. The Hall–Kier alpha value is -2.36. The van der Waals surface area contributed by atoms with E-state index in [0.717, 1.165) is 19.4 Å². The van der Waals surface area contributed by atoms with Crippen LogP contribution in [-0.4, -0.2) is 42.9 Å². The zero-order valence-corrected chi connectivity index (χ0v) is 9.98. The molecule has 19 heavy (non-hydrogen) atoms. The van der Waals surface area contributed by atoms with Gasteiger partial charge in [-0.05, 0) is 29.8 Å². The van der Waals surface area contributed by atoms with E-state index in [4.69, 9.17) is 4.42 Å². The van der Waals surface area contributed by atoms with Gasteiger partial charge in [-0.25, -0.2) is 4.68 Å². The quantitative estimate of drug-likeness (QED) is 0.729. The molecule has 10 nitrogen and oxygen atoms in total. The molecule has 0 radical (unpaired) electrons. The third-order valence-corrected chi connectivity index (χ3v) is 2.74. The molecule has 1 saturated heterocycles. The van der Waals surface area contributed by atoms with Gasteiger partial charge in [0.05, 0.1) is 6.04 Å². The first-order valence-corrected chi connectivity index (χ1v) is 5.88. The van der Waals surface area contributed by atoms with E-state index in [9.17, 15) is 4.79 Å². The summed E-state index contributed by atoms with van der Waals surface area (Å²) in [5.41, 5.74) is 0. The third kappa shape index (κ3) is 2.73. The fourth-order valence-electron chi connectivity index (χ4n) is 1.88. The van der Waals surface area contributed by atoms with E-state index in [2.05, 4.69) is 36.4 Å². The van der Waals surface area contributed by atoms with Crippen molar-refractivity contribution < 1.29 is 9.21 Å². The fourth-order valence-corrected chi connectivity index (χ4v) is 1.88. The molecule has 1 amide bonds. The van der Waals surface area contributed by atoms with Gasteiger partial charge in [0.25, 0.3) is 0 Å². The third-order valence-electron chi connectivity index (χ3n) is 2.74. The van der Waals surface area contributed by atoms with E-state index in [0.29, 0.717) is 5.89 Å². The van der Waals surface area contributed by atoms with E-state index in [1.54, 1.807) is 0 Å². The van der Waals surface area contributed by atoms with Gasteiger partial charge in [-0.1, -0.05) is 5.10 Å². The summed E-state index contributed by atoms with van der Waals surface area (Å²) in [6.45, 7) is 0.931. The molecular formula is C9H12N8O2. The molecule has 3 rings (SSSR count). The maximum atomic E-state index is 11.6. The smallest absolute Gasteiger partial charge is 0.322 e. The van der Waals surface area contributed by atoms with Crippen molar-refractivity contribution in [1.82, 2.24) is 35.7 Å². The molecule has 1 atom stereocenters. The molecule has 0 aromatic carbocycles. The lowest BCUT2D eigenvalue weighted by molar-refractivity contribution is -0.117. The van der Waals surface area contributed by atoms with Crippen LogP contribution in [0.15, 0.2) is 10.7 Å². The van der Waals surface area contributed by atoms with E-state index in [1.165, 1.54) is 11.0 Å². The zero-order chi connectivity index (χ0) is 13.1. The SMILES string of the molecule is O=C(Cn1cnnn1)Nc1nnc(C2CCCN2)o1. The average Bonchev–Trinajstić information content (AvgIpc) is 3.09. The fraction of sp³-hybridized carbons (Fsp3) is 0.556. The van der Waals surface area contributed by atoms with Gasteiger partial charge in [-0.2, -0.15) is 0 Å². The number of rotatable bonds is 4. The number of hydrogen-bond donors (Lipinski definition) is 2. The standard InChI is InChI=1S/C9H12N8O2/c18-7(4-17-5-11-15-16-17)12-9-14-13-8(19-9)6-2-1-3-10-6/h5-6,10H,1-4H2,(H,12,14,18). The van der Waals surface area contributed by atoms with Crippen LogP contribution < -0.4 is 10.6 Å². The Bertz CT molecular complexity index is 544. The maximum Gasteiger partial charge on any atom is 0.322 e. The molecule has 0 saturated carbocycles. The predicted octanol–water partition coefficient (Wildman–Crippen LogP) is -0.881. The minimum Gasteiger partial charge on any atom is -0.406 e. The predicted molar refractivity (Wildman–Crippen MR) is 60.7 cm³/mol. The van der Waals surface area contributed by atoms with Gasteiger partial charge >= 0.3 is 6.01 Å². The summed E-state index contributed by atoms with van der Waals surface area (Å²) in [6, 6.07) is 0.166. The number of anilines is 1. The normalized spacial score (nSPS) is 18.6. The summed E-state index contributed by atoms with van der Waals surface area (Å²) in [4.78, 5) is 11.6. The van der Waals surface area contributed by atoms with E-state index in [1.807, 2.05) is 0 Å². The van der Waals surface area contributed by atoms with Crippen molar-refractivity contribution in [2.45, 2.75) is 25.4 Å². The Labute approximate surface area is 107 Å². The van der Waals surface area contributed by atoms with Crippen LogP contribution in [0.2, 0.25) is 0 Å². The highest BCUT2D eigenvalue weighted by Crippen LogP contribution is 2.22. The second-order valence-corrected chi connectivity index (χ2v) is 4.15. The largest absolute Gasteiger partial charge is 0.406 e. The highest BCUT2D eigenvalue weighted by molar-refractivity contribution is 5.88. The van der Waals surface area contributed by atoms with Crippen LogP contribution in [-0.2, 0) is 11.3 Å². The van der Waals surface area contributed by atoms with Crippen molar-refractivity contribution in [3.05, 3.63) is 12.2 Å². The highest BCUT2D eigenvalue weighted by Gasteiger charge is 2.22. The van der Waals surface area contributed by atoms with Crippen LogP contribution >= 0.6 is 0 Å². The number of tetrazole rings is 1. The topological polar surface area (TPSA) is 124 Å². The van der Waals surface area contributed by atoms with Crippen molar-refractivity contribution in [3.8, 4) is 0 Å². The number of carbonyl (C=O) groups excluding carboxylic acids is 1. The molecule has 10 heteroatoms. The second-order valence-electron chi connectivity index (χ2n) is 4.15. The molecule has 100 valence electrons. The molecule has 1 fully saturated rings. The summed E-state index contributed by atoms with van der Waals surface area (Å²) in [7, 11) is 0. The number of nitrogens with zero attached hydrogens (tertiary/aromatic N) is 6. The Morgan fingerprint density at radius 1 is 1.58 bits per heavy atom. The Kier molecular flexibility index (Phi) is 3.14. The van der Waals surface area contributed by atoms with E-state index < -0.39 is 0 Å². The molecule has 2 aromatic heterocycles. The first-order chi connectivity index (χ1) is 9.31. The molecule has 3 heterocycles. The monoisotopic (exact) mass is 264 g/mol. The average molecular weight is 264 g/mol. The van der Waals surface area contributed by atoms with Gasteiger partial charge in [-0.3, -0.25) is 10.1 Å². The zero-order valence-electron chi connectivity index (χ0n) is 9.98. The summed E-state index contributed by atoms with van der Waals surface area (Å²) in [6.07, 6.45) is 3.38. The number of nitrogens with one attached hydrogen (secondary N) is 2. The summed E-state index contributed by atoms with van der Waals surface area (Å²) in [5, 5.41) is 23.9. The molecule has 0 bridgehead atoms.